The average Bonchev–Trinajstić information content (AvgIpc) is 2.15. The summed E-state index contributed by atoms with van der Waals surface area (Å²) in [5.41, 5.74) is 5.12. The average molecular weight is 225 g/mol. The van der Waals surface area contributed by atoms with E-state index >= 15 is 0 Å². The Labute approximate surface area is 85.2 Å². The molecule has 0 aliphatic heterocycles. The van der Waals surface area contributed by atoms with Crippen molar-refractivity contribution in [3.8, 4) is 0 Å². The van der Waals surface area contributed by atoms with Crippen LogP contribution < -0.4 is 5.73 Å². The van der Waals surface area contributed by atoms with Gasteiger partial charge in [-0.1, -0.05) is 26.2 Å². The van der Waals surface area contributed by atoms with E-state index in [1.165, 1.54) is 0 Å². The maximum absolute atomic E-state index is 11.1. The van der Waals surface area contributed by atoms with Crippen molar-refractivity contribution in [1.82, 2.24) is 0 Å². The SMILES string of the molecule is CCCCCCOP(=O)(O)OCCN. The van der Waals surface area contributed by atoms with Gasteiger partial charge in [-0.05, 0) is 6.42 Å². The molecule has 0 saturated heterocycles. The molecule has 1 atom stereocenters. The van der Waals surface area contributed by atoms with Gasteiger partial charge in [-0.25, -0.2) is 4.57 Å². The molecule has 0 aromatic heterocycles. The fourth-order valence-electron chi connectivity index (χ4n) is 0.914. The third-order valence-electron chi connectivity index (χ3n) is 1.62. The molecule has 3 N–H and O–H groups in total. The highest BCUT2D eigenvalue weighted by molar-refractivity contribution is 7.47. The molecule has 0 aliphatic carbocycles. The van der Waals surface area contributed by atoms with E-state index in [1.807, 2.05) is 0 Å². The quantitative estimate of drug-likeness (QED) is 0.460. The summed E-state index contributed by atoms with van der Waals surface area (Å²) >= 11 is 0. The van der Waals surface area contributed by atoms with Crippen molar-refractivity contribution in [3.05, 3.63) is 0 Å². The highest BCUT2D eigenvalue weighted by atomic mass is 31.2. The van der Waals surface area contributed by atoms with Crippen LogP contribution in [0.15, 0.2) is 0 Å². The molecule has 0 aromatic carbocycles. The van der Waals surface area contributed by atoms with E-state index < -0.39 is 7.82 Å². The number of rotatable bonds is 9. The zero-order valence-electron chi connectivity index (χ0n) is 8.65. The first-order valence-electron chi connectivity index (χ1n) is 4.94. The summed E-state index contributed by atoms with van der Waals surface area (Å²) in [5.74, 6) is 0. The Morgan fingerprint density at radius 1 is 1.21 bits per heavy atom. The lowest BCUT2D eigenvalue weighted by Crippen LogP contribution is -2.08. The molecule has 0 aromatic rings. The maximum atomic E-state index is 11.1. The van der Waals surface area contributed by atoms with Gasteiger partial charge in [0.25, 0.3) is 0 Å². The molecule has 0 saturated carbocycles. The van der Waals surface area contributed by atoms with Crippen molar-refractivity contribution in [3.63, 3.8) is 0 Å². The van der Waals surface area contributed by atoms with Gasteiger partial charge in [-0.3, -0.25) is 9.05 Å². The summed E-state index contributed by atoms with van der Waals surface area (Å²) < 4.78 is 20.3. The first kappa shape index (κ1) is 14.1. The smallest absolute Gasteiger partial charge is 0.328 e. The predicted octanol–water partition coefficient (Wildman–Crippen LogP) is 1.66. The second kappa shape index (κ2) is 8.38. The number of nitrogens with two attached hydrogens (primary N) is 1. The van der Waals surface area contributed by atoms with Crippen molar-refractivity contribution < 1.29 is 18.5 Å². The van der Waals surface area contributed by atoms with E-state index in [0.717, 1.165) is 25.7 Å². The Morgan fingerprint density at radius 2 is 1.86 bits per heavy atom. The molecule has 14 heavy (non-hydrogen) atoms. The van der Waals surface area contributed by atoms with E-state index in [-0.39, 0.29) is 19.8 Å². The van der Waals surface area contributed by atoms with E-state index in [1.54, 1.807) is 0 Å². The first-order chi connectivity index (χ1) is 6.62. The molecule has 0 fully saturated rings. The van der Waals surface area contributed by atoms with Crippen molar-refractivity contribution >= 4 is 7.82 Å². The summed E-state index contributed by atoms with van der Waals surface area (Å²) in [7, 11) is -3.84. The summed E-state index contributed by atoms with van der Waals surface area (Å²) in [6.07, 6.45) is 4.03. The molecule has 5 nitrogen and oxygen atoms in total. The standard InChI is InChI=1S/C8H20NO4P/c1-2-3-4-5-7-12-14(10,11)13-8-6-9/h2-9H2,1H3,(H,10,11). The van der Waals surface area contributed by atoms with Crippen molar-refractivity contribution in [2.75, 3.05) is 19.8 Å². The van der Waals surface area contributed by atoms with Crippen LogP contribution in [0.4, 0.5) is 0 Å². The van der Waals surface area contributed by atoms with Crippen LogP contribution in [0.25, 0.3) is 0 Å². The van der Waals surface area contributed by atoms with Crippen molar-refractivity contribution in [2.45, 2.75) is 32.6 Å². The van der Waals surface area contributed by atoms with Gasteiger partial charge in [0.2, 0.25) is 0 Å². The van der Waals surface area contributed by atoms with Crippen LogP contribution in [0.2, 0.25) is 0 Å². The second-order valence-corrected chi connectivity index (χ2v) is 4.44. The first-order valence-corrected chi connectivity index (χ1v) is 6.44. The Kier molecular flexibility index (Phi) is 8.43. The van der Waals surface area contributed by atoms with E-state index in [2.05, 4.69) is 11.4 Å². The summed E-state index contributed by atoms with van der Waals surface area (Å²) in [5, 5.41) is 0. The van der Waals surface area contributed by atoms with Gasteiger partial charge in [0.1, 0.15) is 0 Å². The topological polar surface area (TPSA) is 81.8 Å². The van der Waals surface area contributed by atoms with Crippen LogP contribution in [-0.4, -0.2) is 24.7 Å². The van der Waals surface area contributed by atoms with Crippen molar-refractivity contribution in [2.24, 2.45) is 5.73 Å². The van der Waals surface area contributed by atoms with Crippen LogP contribution in [0.1, 0.15) is 32.6 Å². The minimum atomic E-state index is -3.84. The summed E-state index contributed by atoms with van der Waals surface area (Å²) in [6.45, 7) is 2.62. The monoisotopic (exact) mass is 225 g/mol. The second-order valence-electron chi connectivity index (χ2n) is 2.98. The molecule has 86 valence electrons. The van der Waals surface area contributed by atoms with Crippen LogP contribution >= 0.6 is 7.82 Å². The minimum absolute atomic E-state index is 0.0444. The number of hydrogen-bond donors (Lipinski definition) is 2. The lowest BCUT2D eigenvalue weighted by Gasteiger charge is -2.10. The van der Waals surface area contributed by atoms with Gasteiger partial charge in [-0.2, -0.15) is 0 Å². The molecule has 0 bridgehead atoms. The Hall–Kier alpha value is 0.0700. The van der Waals surface area contributed by atoms with Gasteiger partial charge in [0.05, 0.1) is 13.2 Å². The molecular formula is C8H20NO4P. The fraction of sp³-hybridized carbons (Fsp3) is 1.00. The summed E-state index contributed by atoms with van der Waals surface area (Å²) in [6, 6.07) is 0. The van der Waals surface area contributed by atoms with Gasteiger partial charge >= 0.3 is 7.82 Å². The Balaban J connectivity index is 3.40. The van der Waals surface area contributed by atoms with Crippen molar-refractivity contribution in [1.29, 1.82) is 0 Å². The van der Waals surface area contributed by atoms with Gasteiger partial charge in [0, 0.05) is 6.54 Å². The number of phosphoric ester groups is 1. The highest BCUT2D eigenvalue weighted by Crippen LogP contribution is 2.42. The van der Waals surface area contributed by atoms with Crippen LogP contribution in [0.5, 0.6) is 0 Å². The molecule has 0 spiro atoms. The lowest BCUT2D eigenvalue weighted by atomic mass is 10.2. The zero-order chi connectivity index (χ0) is 10.9. The predicted molar refractivity (Wildman–Crippen MR) is 54.9 cm³/mol. The molecule has 6 heteroatoms. The zero-order valence-corrected chi connectivity index (χ0v) is 9.54. The fourth-order valence-corrected chi connectivity index (χ4v) is 1.68. The Morgan fingerprint density at radius 3 is 2.43 bits per heavy atom. The van der Waals surface area contributed by atoms with Crippen LogP contribution in [0, 0.1) is 0 Å². The van der Waals surface area contributed by atoms with Crippen LogP contribution in [-0.2, 0) is 13.6 Å². The minimum Gasteiger partial charge on any atom is -0.328 e. The maximum Gasteiger partial charge on any atom is 0.472 e. The number of hydrogen-bond acceptors (Lipinski definition) is 4. The highest BCUT2D eigenvalue weighted by Gasteiger charge is 2.19. The largest absolute Gasteiger partial charge is 0.472 e. The number of phosphoric acid groups is 1. The molecule has 0 rings (SSSR count). The summed E-state index contributed by atoms with van der Waals surface area (Å²) in [4.78, 5) is 9.06. The third-order valence-corrected chi connectivity index (χ3v) is 2.64. The van der Waals surface area contributed by atoms with Gasteiger partial charge < -0.3 is 10.6 Å². The lowest BCUT2D eigenvalue weighted by molar-refractivity contribution is 0.150. The molecule has 0 amide bonds. The van der Waals surface area contributed by atoms with Crippen LogP contribution in [0.3, 0.4) is 0 Å². The van der Waals surface area contributed by atoms with E-state index in [0.29, 0.717) is 0 Å². The Bertz CT molecular complexity index is 177. The normalized spacial score (nSPS) is 15.4. The third kappa shape index (κ3) is 8.66. The molecule has 0 aliphatic rings. The molecular weight excluding hydrogens is 205 g/mol. The van der Waals surface area contributed by atoms with Gasteiger partial charge in [-0.15, -0.1) is 0 Å². The molecule has 1 unspecified atom stereocenters. The molecule has 0 radical (unpaired) electrons. The van der Waals surface area contributed by atoms with E-state index in [9.17, 15) is 4.57 Å². The molecule has 0 heterocycles. The number of unbranched alkanes of at least 4 members (excludes halogenated alkanes) is 3. The van der Waals surface area contributed by atoms with E-state index in [4.69, 9.17) is 15.2 Å². The van der Waals surface area contributed by atoms with Gasteiger partial charge in [0.15, 0.2) is 0 Å².